The minimum absolute atomic E-state index is 0. The van der Waals surface area contributed by atoms with E-state index in [1.807, 2.05) is 20.8 Å². The summed E-state index contributed by atoms with van der Waals surface area (Å²) in [6.07, 6.45) is 0. The average molecular weight is 233 g/mol. The van der Waals surface area contributed by atoms with Crippen LogP contribution < -0.4 is 0 Å². The van der Waals surface area contributed by atoms with E-state index in [-0.39, 0.29) is 40.1 Å². The maximum atomic E-state index is 3.63. The smallest absolute Gasteiger partial charge is 0 e. The Balaban J connectivity index is -0.000000114. The van der Waals surface area contributed by atoms with Gasteiger partial charge in [0.25, 0.3) is 0 Å². The molecule has 0 aromatic carbocycles. The molecule has 2 nitrogen and oxygen atoms in total. The fourth-order valence-corrected chi connectivity index (χ4v) is 0.493. The zero-order valence-corrected chi connectivity index (χ0v) is 10.5. The normalized spacial score (nSPS) is 5.90. The van der Waals surface area contributed by atoms with Crippen LogP contribution in [-0.2, 0) is 32.7 Å². The number of aromatic nitrogens is 2. The van der Waals surface area contributed by atoms with Crippen molar-refractivity contribution in [3.63, 3.8) is 0 Å². The van der Waals surface area contributed by atoms with Gasteiger partial charge in [0.15, 0.2) is 0 Å². The molecule has 10 heavy (non-hydrogen) atoms. The largest absolute Gasteiger partial charge is 0.358 e. The molecule has 1 heterocycles. The Morgan fingerprint density at radius 1 is 1.40 bits per heavy atom. The van der Waals surface area contributed by atoms with Crippen LogP contribution in [0.25, 0.3) is 0 Å². The Labute approximate surface area is 92.3 Å². The molecule has 1 aromatic rings. The Bertz CT molecular complexity index is 119. The van der Waals surface area contributed by atoms with E-state index in [1.165, 1.54) is 11.3 Å². The molecule has 0 amide bonds. The quantitative estimate of drug-likeness (QED) is 0.641. The third-order valence-corrected chi connectivity index (χ3v) is 0.975. The van der Waals surface area contributed by atoms with E-state index in [2.05, 4.69) is 15.7 Å². The van der Waals surface area contributed by atoms with Crippen molar-refractivity contribution in [2.24, 2.45) is 0 Å². The standard InChI is InChI=1S/C3H3N2S.C2H6.CH3.Y/c1-3-5-4-2-6-3;1-2;;/h1H3;1-2H3;1H3;/q-1;;-1;. The molecule has 0 unspecified atom stereocenters. The van der Waals surface area contributed by atoms with Crippen molar-refractivity contribution in [3.8, 4) is 0 Å². The molecule has 1 radical (unpaired) electrons. The molecular formula is C6H12N2SY-2. The van der Waals surface area contributed by atoms with Crippen LogP contribution in [0, 0.1) is 19.9 Å². The van der Waals surface area contributed by atoms with Crippen LogP contribution in [0.1, 0.15) is 18.9 Å². The monoisotopic (exact) mass is 233 g/mol. The first-order valence-electron chi connectivity index (χ1n) is 2.56. The summed E-state index contributed by atoms with van der Waals surface area (Å²) < 4.78 is 0. The van der Waals surface area contributed by atoms with Gasteiger partial charge in [-0.3, -0.25) is 10.2 Å². The van der Waals surface area contributed by atoms with E-state index >= 15 is 0 Å². The zero-order valence-electron chi connectivity index (χ0n) is 6.88. The zero-order chi connectivity index (χ0) is 6.41. The molecule has 0 bridgehead atoms. The summed E-state index contributed by atoms with van der Waals surface area (Å²) in [7, 11) is 0. The van der Waals surface area contributed by atoms with Gasteiger partial charge in [-0.1, -0.05) is 26.3 Å². The maximum absolute atomic E-state index is 3.63. The van der Waals surface area contributed by atoms with Crippen LogP contribution in [0.3, 0.4) is 0 Å². The molecule has 0 fully saturated rings. The van der Waals surface area contributed by atoms with Crippen LogP contribution >= 0.6 is 11.3 Å². The van der Waals surface area contributed by atoms with Crippen molar-refractivity contribution < 1.29 is 32.7 Å². The van der Waals surface area contributed by atoms with E-state index in [9.17, 15) is 0 Å². The molecule has 57 valence electrons. The van der Waals surface area contributed by atoms with Gasteiger partial charge in [-0.15, -0.1) is 0 Å². The van der Waals surface area contributed by atoms with E-state index in [0.717, 1.165) is 5.01 Å². The number of nitrogens with zero attached hydrogens (tertiary/aromatic N) is 2. The molecular weight excluding hydrogens is 221 g/mol. The first-order valence-corrected chi connectivity index (χ1v) is 3.37. The Morgan fingerprint density at radius 2 is 1.90 bits per heavy atom. The van der Waals surface area contributed by atoms with Gasteiger partial charge in [0.05, 0.1) is 0 Å². The summed E-state index contributed by atoms with van der Waals surface area (Å²) in [5, 5.41) is 8.06. The Kier molecular flexibility index (Phi) is 20.9. The molecule has 0 aliphatic heterocycles. The second-order valence-corrected chi connectivity index (χ2v) is 1.89. The first kappa shape index (κ1) is 17.0. The van der Waals surface area contributed by atoms with Crippen LogP contribution in [0.5, 0.6) is 0 Å². The summed E-state index contributed by atoms with van der Waals surface area (Å²) >= 11 is 1.43. The maximum Gasteiger partial charge on any atom is 0 e. The van der Waals surface area contributed by atoms with E-state index < -0.39 is 0 Å². The third-order valence-electron chi connectivity index (χ3n) is 0.425. The van der Waals surface area contributed by atoms with Gasteiger partial charge in [0.1, 0.15) is 0 Å². The molecule has 0 saturated heterocycles. The molecule has 0 aliphatic rings. The minimum atomic E-state index is 0. The fourth-order valence-electron chi connectivity index (χ4n) is 0.198. The summed E-state index contributed by atoms with van der Waals surface area (Å²) in [6, 6.07) is 0. The van der Waals surface area contributed by atoms with Crippen molar-refractivity contribution in [2.75, 3.05) is 0 Å². The van der Waals surface area contributed by atoms with Gasteiger partial charge >= 0.3 is 0 Å². The third kappa shape index (κ3) is 8.66. The van der Waals surface area contributed by atoms with Gasteiger partial charge in [0, 0.05) is 32.7 Å². The van der Waals surface area contributed by atoms with Crippen molar-refractivity contribution in [1.29, 1.82) is 0 Å². The number of hydrogen-bond donors (Lipinski definition) is 0. The van der Waals surface area contributed by atoms with E-state index in [4.69, 9.17) is 0 Å². The van der Waals surface area contributed by atoms with E-state index in [0.29, 0.717) is 0 Å². The SMILES string of the molecule is CC.Cc1nn[c-]s1.[CH3-].[Y]. The van der Waals surface area contributed by atoms with Gasteiger partial charge in [-0.05, 0) is 5.01 Å². The summed E-state index contributed by atoms with van der Waals surface area (Å²) in [5.41, 5.74) is 2.61. The molecule has 0 spiro atoms. The Morgan fingerprint density at radius 3 is 2.00 bits per heavy atom. The topological polar surface area (TPSA) is 25.8 Å². The second-order valence-electron chi connectivity index (χ2n) is 0.912. The fraction of sp³-hybridized carbons (Fsp3) is 0.500. The van der Waals surface area contributed by atoms with Gasteiger partial charge in [0.2, 0.25) is 0 Å². The second kappa shape index (κ2) is 12.4. The molecule has 4 heteroatoms. The van der Waals surface area contributed by atoms with Crippen molar-refractivity contribution in [3.05, 3.63) is 17.9 Å². The van der Waals surface area contributed by atoms with Crippen LogP contribution in [0.2, 0.25) is 0 Å². The molecule has 0 N–H and O–H groups in total. The molecule has 0 saturated carbocycles. The molecule has 0 atom stereocenters. The predicted octanol–water partition coefficient (Wildman–Crippen LogP) is 2.12. The summed E-state index contributed by atoms with van der Waals surface area (Å²) in [5.74, 6) is 0. The van der Waals surface area contributed by atoms with Crippen LogP contribution in [-0.4, -0.2) is 10.2 Å². The molecule has 1 rings (SSSR count). The predicted molar refractivity (Wildman–Crippen MR) is 41.2 cm³/mol. The van der Waals surface area contributed by atoms with E-state index in [1.54, 1.807) is 0 Å². The van der Waals surface area contributed by atoms with Gasteiger partial charge in [-0.2, -0.15) is 0 Å². The number of aryl methyl sites for hydroxylation is 1. The first-order chi connectivity index (χ1) is 3.89. The van der Waals surface area contributed by atoms with Crippen LogP contribution in [0.15, 0.2) is 0 Å². The van der Waals surface area contributed by atoms with Gasteiger partial charge in [-0.25, -0.2) is 0 Å². The molecule has 1 aromatic heterocycles. The summed E-state index contributed by atoms with van der Waals surface area (Å²) in [4.78, 5) is 0. The van der Waals surface area contributed by atoms with Crippen LogP contribution in [0.4, 0.5) is 0 Å². The van der Waals surface area contributed by atoms with Gasteiger partial charge < -0.3 is 18.8 Å². The number of hydrogen-bond acceptors (Lipinski definition) is 3. The Hall–Kier alpha value is 0.664. The number of rotatable bonds is 0. The summed E-state index contributed by atoms with van der Waals surface area (Å²) in [6.45, 7) is 5.90. The van der Waals surface area contributed by atoms with Crippen molar-refractivity contribution >= 4 is 11.3 Å². The average Bonchev–Trinajstić information content (AvgIpc) is 2.24. The van der Waals surface area contributed by atoms with Crippen molar-refractivity contribution in [2.45, 2.75) is 20.8 Å². The minimum Gasteiger partial charge on any atom is -0.358 e. The van der Waals surface area contributed by atoms with Crippen molar-refractivity contribution in [1.82, 2.24) is 10.2 Å². The molecule has 0 aliphatic carbocycles.